The maximum absolute atomic E-state index is 5.87. The molecule has 0 fully saturated rings. The zero-order valence-corrected chi connectivity index (χ0v) is 9.49. The summed E-state index contributed by atoms with van der Waals surface area (Å²) >= 11 is 10.9. The molecule has 14 heavy (non-hydrogen) atoms. The van der Waals surface area contributed by atoms with Gasteiger partial charge < -0.3 is 10.5 Å². The van der Waals surface area contributed by atoms with Crippen LogP contribution in [-0.2, 0) is 11.2 Å². The molecule has 0 bridgehead atoms. The van der Waals surface area contributed by atoms with Crippen LogP contribution in [0.4, 0.5) is 5.69 Å². The maximum atomic E-state index is 5.87. The van der Waals surface area contributed by atoms with Crippen LogP contribution in [0.2, 0.25) is 5.02 Å². The minimum atomic E-state index is 0.537. The minimum Gasteiger partial charge on any atom is -0.487 e. The van der Waals surface area contributed by atoms with E-state index >= 15 is 0 Å². The highest BCUT2D eigenvalue weighted by molar-refractivity contribution is 7.80. The first-order valence-electron chi connectivity index (χ1n) is 4.33. The number of hydrogen-bond acceptors (Lipinski definition) is 3. The highest BCUT2D eigenvalue weighted by atomic mass is 35.5. The van der Waals surface area contributed by atoms with Gasteiger partial charge in [0.2, 0.25) is 0 Å². The lowest BCUT2D eigenvalue weighted by molar-refractivity contribution is 0.330. The molecule has 0 aliphatic heterocycles. The molecule has 4 heteroatoms. The van der Waals surface area contributed by atoms with Crippen molar-refractivity contribution in [3.63, 3.8) is 0 Å². The summed E-state index contributed by atoms with van der Waals surface area (Å²) in [6.07, 6.45) is 0.537. The van der Waals surface area contributed by atoms with E-state index in [9.17, 15) is 0 Å². The molecular weight excluding hydrogens is 218 g/mol. The maximum Gasteiger partial charge on any atom is 0.164 e. The molecule has 0 aliphatic rings. The molecule has 76 valence electrons. The van der Waals surface area contributed by atoms with Crippen LogP contribution in [0.5, 0.6) is 0 Å². The van der Waals surface area contributed by atoms with Crippen molar-refractivity contribution in [1.29, 1.82) is 0 Å². The Bertz CT molecular complexity index is 341. The van der Waals surface area contributed by atoms with E-state index in [2.05, 4.69) is 0 Å². The molecule has 0 amide bonds. The molecule has 0 heterocycles. The van der Waals surface area contributed by atoms with Gasteiger partial charge in [-0.1, -0.05) is 23.7 Å². The summed E-state index contributed by atoms with van der Waals surface area (Å²) in [5, 5.41) is 1.10. The van der Waals surface area contributed by atoms with Crippen molar-refractivity contribution < 1.29 is 4.74 Å². The van der Waals surface area contributed by atoms with Gasteiger partial charge in [0.05, 0.1) is 17.3 Å². The van der Waals surface area contributed by atoms with Crippen LogP contribution in [0.3, 0.4) is 0 Å². The second-order valence-corrected chi connectivity index (χ2v) is 3.66. The fourth-order valence-electron chi connectivity index (χ4n) is 1.10. The molecule has 0 saturated carbocycles. The molecule has 1 rings (SSSR count). The van der Waals surface area contributed by atoms with E-state index in [0.717, 1.165) is 5.56 Å². The first-order chi connectivity index (χ1) is 6.65. The largest absolute Gasteiger partial charge is 0.487 e. The van der Waals surface area contributed by atoms with Crippen LogP contribution in [0.25, 0.3) is 0 Å². The smallest absolute Gasteiger partial charge is 0.164 e. The van der Waals surface area contributed by atoms with E-state index in [0.29, 0.717) is 28.8 Å². The van der Waals surface area contributed by atoms with Gasteiger partial charge in [-0.3, -0.25) is 0 Å². The second kappa shape index (κ2) is 5.17. The molecule has 1 aromatic rings. The van der Waals surface area contributed by atoms with Crippen LogP contribution >= 0.6 is 23.8 Å². The van der Waals surface area contributed by atoms with Crippen LogP contribution in [0.1, 0.15) is 12.5 Å². The number of benzene rings is 1. The Balaban J connectivity index is 2.76. The summed E-state index contributed by atoms with van der Waals surface area (Å²) in [6.45, 7) is 2.48. The first-order valence-corrected chi connectivity index (χ1v) is 5.12. The van der Waals surface area contributed by atoms with E-state index in [1.165, 1.54) is 0 Å². The topological polar surface area (TPSA) is 35.2 Å². The van der Waals surface area contributed by atoms with E-state index < -0.39 is 0 Å². The van der Waals surface area contributed by atoms with Gasteiger partial charge in [-0.25, -0.2) is 0 Å². The number of anilines is 1. The molecule has 0 aromatic heterocycles. The number of halogens is 1. The third-order valence-electron chi connectivity index (χ3n) is 1.78. The first kappa shape index (κ1) is 11.3. The zero-order valence-electron chi connectivity index (χ0n) is 7.92. The van der Waals surface area contributed by atoms with Crippen molar-refractivity contribution in [2.24, 2.45) is 0 Å². The lowest BCUT2D eigenvalue weighted by Crippen LogP contribution is -2.07. The Morgan fingerprint density at radius 1 is 1.57 bits per heavy atom. The summed E-state index contributed by atoms with van der Waals surface area (Å²) in [5.41, 5.74) is 7.27. The van der Waals surface area contributed by atoms with E-state index in [-0.39, 0.29) is 0 Å². The van der Waals surface area contributed by atoms with Crippen molar-refractivity contribution in [3.8, 4) is 0 Å². The summed E-state index contributed by atoms with van der Waals surface area (Å²) in [7, 11) is 0. The quantitative estimate of drug-likeness (QED) is 0.640. The lowest BCUT2D eigenvalue weighted by atomic mass is 10.1. The Labute approximate surface area is 94.0 Å². The number of nitrogens with two attached hydrogens (primary N) is 1. The van der Waals surface area contributed by atoms with Crippen LogP contribution in [0.15, 0.2) is 18.2 Å². The second-order valence-electron chi connectivity index (χ2n) is 2.79. The van der Waals surface area contributed by atoms with Crippen molar-refractivity contribution in [3.05, 3.63) is 28.8 Å². The standard InChI is InChI=1S/C10H12ClNOS/c1-2-13-9(14)6-7-4-3-5-8(11)10(7)12/h3-5H,2,6,12H2,1H3. The predicted octanol–water partition coefficient (Wildman–Crippen LogP) is 2.83. The summed E-state index contributed by atoms with van der Waals surface area (Å²) < 4.78 is 5.17. The normalized spacial score (nSPS) is 9.86. The molecule has 0 spiro atoms. The third-order valence-corrected chi connectivity index (χ3v) is 2.38. The van der Waals surface area contributed by atoms with E-state index in [4.69, 9.17) is 34.3 Å². The number of hydrogen-bond donors (Lipinski definition) is 1. The van der Waals surface area contributed by atoms with Crippen molar-refractivity contribution >= 4 is 34.6 Å². The van der Waals surface area contributed by atoms with Gasteiger partial charge in [-0.2, -0.15) is 0 Å². The Morgan fingerprint density at radius 2 is 2.29 bits per heavy atom. The Morgan fingerprint density at radius 3 is 2.93 bits per heavy atom. The van der Waals surface area contributed by atoms with Gasteiger partial charge in [0, 0.05) is 6.42 Å². The monoisotopic (exact) mass is 229 g/mol. The van der Waals surface area contributed by atoms with Crippen LogP contribution in [-0.4, -0.2) is 11.7 Å². The van der Waals surface area contributed by atoms with E-state index in [1.807, 2.05) is 19.1 Å². The highest BCUT2D eigenvalue weighted by Crippen LogP contribution is 2.23. The Hall–Kier alpha value is -0.800. The van der Waals surface area contributed by atoms with Crippen molar-refractivity contribution in [2.75, 3.05) is 12.3 Å². The Kier molecular flexibility index (Phi) is 4.17. The minimum absolute atomic E-state index is 0.537. The van der Waals surface area contributed by atoms with Gasteiger partial charge in [-0.05, 0) is 30.8 Å². The average molecular weight is 230 g/mol. The SMILES string of the molecule is CCOC(=S)Cc1cccc(Cl)c1N. The third kappa shape index (κ3) is 2.86. The number of thiocarbonyl (C=S) groups is 1. The van der Waals surface area contributed by atoms with Crippen LogP contribution < -0.4 is 5.73 Å². The number of rotatable bonds is 3. The summed E-state index contributed by atoms with van der Waals surface area (Å²) in [4.78, 5) is 0. The molecule has 0 atom stereocenters. The molecular formula is C10H12ClNOS. The van der Waals surface area contributed by atoms with Crippen LogP contribution in [0, 0.1) is 0 Å². The fraction of sp³-hybridized carbons (Fsp3) is 0.300. The molecule has 1 aromatic carbocycles. The van der Waals surface area contributed by atoms with Gasteiger partial charge in [0.25, 0.3) is 0 Å². The zero-order chi connectivity index (χ0) is 10.6. The highest BCUT2D eigenvalue weighted by Gasteiger charge is 2.05. The van der Waals surface area contributed by atoms with Gasteiger partial charge in [0.1, 0.15) is 0 Å². The van der Waals surface area contributed by atoms with Crippen molar-refractivity contribution in [2.45, 2.75) is 13.3 Å². The van der Waals surface area contributed by atoms with Gasteiger partial charge in [0.15, 0.2) is 5.05 Å². The molecule has 0 radical (unpaired) electrons. The number of ether oxygens (including phenoxy) is 1. The lowest BCUT2D eigenvalue weighted by Gasteiger charge is -2.08. The summed E-state index contributed by atoms with van der Waals surface area (Å²) in [5.74, 6) is 0. The van der Waals surface area contributed by atoms with E-state index in [1.54, 1.807) is 6.07 Å². The predicted molar refractivity (Wildman–Crippen MR) is 63.8 cm³/mol. The molecule has 0 unspecified atom stereocenters. The number of para-hydroxylation sites is 1. The van der Waals surface area contributed by atoms with Gasteiger partial charge >= 0.3 is 0 Å². The number of nitrogen functional groups attached to an aromatic ring is 1. The van der Waals surface area contributed by atoms with Gasteiger partial charge in [-0.15, -0.1) is 0 Å². The summed E-state index contributed by atoms with van der Waals surface area (Å²) in [6, 6.07) is 5.50. The van der Waals surface area contributed by atoms with Crippen molar-refractivity contribution in [1.82, 2.24) is 0 Å². The fourth-order valence-corrected chi connectivity index (χ4v) is 1.57. The molecule has 0 saturated heterocycles. The average Bonchev–Trinajstić information content (AvgIpc) is 2.13. The molecule has 2 nitrogen and oxygen atoms in total. The molecule has 0 aliphatic carbocycles. The molecule has 2 N–H and O–H groups in total.